The smallest absolute Gasteiger partial charge is 0.391 e. The zero-order chi connectivity index (χ0) is 50.3. The van der Waals surface area contributed by atoms with Crippen molar-refractivity contribution in [3.63, 3.8) is 0 Å². The standard InChI is InChI=1S/C23H22ClFN4O4.C21H22ClFN4O.C4H5ClO3/c1-12-10-29(13(2)9-28(12)11-14-3-5-15(25)6-4-14)22(31)20-17(24)7-18-19(27-20)16(8-26-18)21(30)23(32)33;1-13-11-27(14(2)10-26(13)12-15-3-5-16(23)6-4-15)21(28)20-17(22)9-19-18(25-20)7-8-24-19;1-2-8-4(7)3(5)6/h3-8,12-13,26H,9-11H2,1-2H3,(H,32,33);3-9,13-14,24H,10-12H2,1-2H3;2H2,1H3/t12-,13+;13-,14+;/m00./s1. The molecular formula is C48H49Cl3F2N8O8. The van der Waals surface area contributed by atoms with Crippen molar-refractivity contribution in [2.24, 2.45) is 0 Å². The van der Waals surface area contributed by atoms with Crippen molar-refractivity contribution in [1.82, 2.24) is 39.5 Å². The summed E-state index contributed by atoms with van der Waals surface area (Å²) in [6.07, 6.45) is 3.03. The number of amides is 2. The lowest BCUT2D eigenvalue weighted by atomic mass is 10.1. The molecule has 0 bridgehead atoms. The number of hydrogen-bond acceptors (Lipinski definition) is 11. The van der Waals surface area contributed by atoms with Crippen LogP contribution in [0.4, 0.5) is 8.78 Å². The van der Waals surface area contributed by atoms with Crippen molar-refractivity contribution in [3.8, 4) is 0 Å². The van der Waals surface area contributed by atoms with Crippen molar-refractivity contribution < 1.29 is 47.4 Å². The van der Waals surface area contributed by atoms with Crippen molar-refractivity contribution in [2.75, 3.05) is 32.8 Å². The minimum Gasteiger partial charge on any atom is -0.475 e. The molecule has 3 N–H and O–H groups in total. The molecule has 2 amide bonds. The van der Waals surface area contributed by atoms with Crippen molar-refractivity contribution in [1.29, 1.82) is 0 Å². The zero-order valence-corrected chi connectivity index (χ0v) is 40.4. The van der Waals surface area contributed by atoms with Crippen LogP contribution < -0.4 is 0 Å². The first-order valence-electron chi connectivity index (χ1n) is 21.8. The number of carboxylic acid groups (broad SMARTS) is 1. The van der Waals surface area contributed by atoms with E-state index in [4.69, 9.17) is 39.9 Å². The number of ether oxygens (including phenoxy) is 1. The van der Waals surface area contributed by atoms with E-state index in [0.717, 1.165) is 35.2 Å². The average Bonchev–Trinajstić information content (AvgIpc) is 3.95. The number of hydrogen-bond donors (Lipinski definition) is 3. The molecule has 2 aliphatic heterocycles. The van der Waals surface area contributed by atoms with Gasteiger partial charge in [-0.3, -0.25) is 29.0 Å². The van der Waals surface area contributed by atoms with Crippen LogP contribution in [-0.2, 0) is 32.2 Å². The predicted octanol–water partition coefficient (Wildman–Crippen LogP) is 7.76. The van der Waals surface area contributed by atoms with Gasteiger partial charge in [0.05, 0.1) is 38.8 Å². The Balaban J connectivity index is 0.000000198. The quantitative estimate of drug-likeness (QED) is 0.0522. The second-order valence-corrected chi connectivity index (χ2v) is 17.9. The number of carbonyl (C=O) groups is 6. The number of H-pyrrole nitrogens is 2. The first-order valence-corrected chi connectivity index (χ1v) is 22.9. The third kappa shape index (κ3) is 12.7. The van der Waals surface area contributed by atoms with Gasteiger partial charge in [-0.2, -0.15) is 0 Å². The molecule has 4 aromatic heterocycles. The number of halogens is 5. The van der Waals surface area contributed by atoms with Gasteiger partial charge in [-0.15, -0.1) is 0 Å². The number of nitrogens with one attached hydrogen (secondary N) is 2. The van der Waals surface area contributed by atoms with Gasteiger partial charge in [0.15, 0.2) is 0 Å². The molecule has 6 aromatic rings. The minimum atomic E-state index is -1.61. The molecule has 8 rings (SSSR count). The summed E-state index contributed by atoms with van der Waals surface area (Å²) >= 11 is 17.4. The summed E-state index contributed by atoms with van der Waals surface area (Å²) < 4.78 is 30.5. The highest BCUT2D eigenvalue weighted by Gasteiger charge is 2.36. The molecule has 364 valence electrons. The van der Waals surface area contributed by atoms with Crippen molar-refractivity contribution >= 4 is 91.6 Å². The largest absolute Gasteiger partial charge is 0.475 e. The number of esters is 1. The summed E-state index contributed by atoms with van der Waals surface area (Å²) in [5, 5.41) is 8.43. The fraction of sp³-hybridized carbons (Fsp3) is 0.333. The number of aliphatic carboxylic acids is 1. The molecular weight excluding hydrogens is 961 g/mol. The Labute approximate surface area is 410 Å². The summed E-state index contributed by atoms with van der Waals surface area (Å²) in [6, 6.07) is 18.0. The van der Waals surface area contributed by atoms with Crippen LogP contribution in [0.2, 0.25) is 10.0 Å². The summed E-state index contributed by atoms with van der Waals surface area (Å²) in [5.74, 6) is -4.77. The highest BCUT2D eigenvalue weighted by molar-refractivity contribution is 6.80. The summed E-state index contributed by atoms with van der Waals surface area (Å²) in [4.78, 5) is 92.1. The number of aromatic nitrogens is 4. The van der Waals surface area contributed by atoms with Crippen LogP contribution in [0.1, 0.15) is 77.1 Å². The number of Topliss-reactive ketones (excluding diaryl/α,β-unsaturated/α-hetero) is 1. The normalized spacial score (nSPS) is 18.5. The lowest BCUT2D eigenvalue weighted by molar-refractivity contribution is -0.149. The molecule has 2 aliphatic rings. The molecule has 0 aliphatic carbocycles. The fourth-order valence-corrected chi connectivity index (χ4v) is 8.60. The van der Waals surface area contributed by atoms with Gasteiger partial charge in [0.1, 0.15) is 28.5 Å². The summed E-state index contributed by atoms with van der Waals surface area (Å²) in [5.41, 5.74) is 4.16. The third-order valence-electron chi connectivity index (χ3n) is 11.7. The van der Waals surface area contributed by atoms with Crippen LogP contribution in [0, 0.1) is 11.6 Å². The maximum absolute atomic E-state index is 13.4. The van der Waals surface area contributed by atoms with Gasteiger partial charge in [-0.1, -0.05) is 47.5 Å². The summed E-state index contributed by atoms with van der Waals surface area (Å²) in [7, 11) is 0. The predicted molar refractivity (Wildman–Crippen MR) is 255 cm³/mol. The molecule has 69 heavy (non-hydrogen) atoms. The number of piperazine rings is 2. The molecule has 2 fully saturated rings. The van der Waals surface area contributed by atoms with E-state index >= 15 is 0 Å². The number of aromatic amines is 2. The molecule has 2 aromatic carbocycles. The Morgan fingerprint density at radius 3 is 1.62 bits per heavy atom. The van der Waals surface area contributed by atoms with Gasteiger partial charge in [-0.25, -0.2) is 28.3 Å². The third-order valence-corrected chi connectivity index (χ3v) is 12.4. The average molecular weight is 1010 g/mol. The van der Waals surface area contributed by atoms with Crippen LogP contribution in [0.25, 0.3) is 22.1 Å². The molecule has 21 heteroatoms. The SMILES string of the molecule is CCOC(=O)C(=O)Cl.C[C@@H]1CN(Cc2ccc(F)cc2)[C@@H](C)CN1C(=O)c1nc2c(C(=O)C(=O)O)c[nH]c2cc1Cl.C[C@@H]1CN(Cc2ccc(F)cc2)[C@@H](C)CN1C(=O)c1nc2cc[nH]c2cc1Cl. The van der Waals surface area contributed by atoms with Crippen LogP contribution in [-0.4, -0.2) is 136 Å². The number of carbonyl (C=O) groups excluding carboxylic acids is 5. The van der Waals surface area contributed by atoms with Crippen LogP contribution in [0.3, 0.4) is 0 Å². The number of pyridine rings is 2. The van der Waals surface area contributed by atoms with E-state index in [1.54, 1.807) is 48.4 Å². The molecule has 6 heterocycles. The Kier molecular flexibility index (Phi) is 17.3. The highest BCUT2D eigenvalue weighted by Crippen LogP contribution is 2.28. The van der Waals surface area contributed by atoms with Gasteiger partial charge in [0, 0.05) is 75.8 Å². The first-order chi connectivity index (χ1) is 32.8. The second-order valence-electron chi connectivity index (χ2n) is 16.7. The summed E-state index contributed by atoms with van der Waals surface area (Å²) in [6.45, 7) is 13.5. The highest BCUT2D eigenvalue weighted by atomic mass is 35.5. The Morgan fingerprint density at radius 1 is 0.696 bits per heavy atom. The van der Waals surface area contributed by atoms with Crippen molar-refractivity contribution in [3.05, 3.63) is 129 Å². The minimum absolute atomic E-state index is 0.0175. The zero-order valence-electron chi connectivity index (χ0n) is 38.1. The molecule has 0 spiro atoms. The maximum Gasteiger partial charge on any atom is 0.391 e. The lowest BCUT2D eigenvalue weighted by Crippen LogP contribution is -2.57. The van der Waals surface area contributed by atoms with E-state index in [0.29, 0.717) is 42.4 Å². The van der Waals surface area contributed by atoms with Crippen LogP contribution in [0.5, 0.6) is 0 Å². The Hall–Kier alpha value is -6.31. The van der Waals surface area contributed by atoms with Crippen molar-refractivity contribution in [2.45, 2.75) is 71.9 Å². The number of rotatable bonds is 10. The number of ketones is 1. The van der Waals surface area contributed by atoms with Gasteiger partial charge in [0.2, 0.25) is 0 Å². The van der Waals surface area contributed by atoms with Crippen LogP contribution >= 0.6 is 34.8 Å². The number of fused-ring (bicyclic) bond motifs is 2. The molecule has 0 radical (unpaired) electrons. The fourth-order valence-electron chi connectivity index (χ4n) is 8.08. The molecule has 2 saturated heterocycles. The molecule has 16 nitrogen and oxygen atoms in total. The van der Waals surface area contributed by atoms with E-state index in [9.17, 15) is 37.5 Å². The maximum atomic E-state index is 13.4. The monoisotopic (exact) mass is 1010 g/mol. The molecule has 0 saturated carbocycles. The van der Waals surface area contributed by atoms with Crippen LogP contribution in [0.15, 0.2) is 79.1 Å². The van der Waals surface area contributed by atoms with E-state index in [1.807, 2.05) is 31.7 Å². The van der Waals surface area contributed by atoms with Gasteiger partial charge in [0.25, 0.3) is 17.6 Å². The number of carboxylic acids is 1. The lowest BCUT2D eigenvalue weighted by Gasteiger charge is -2.44. The van der Waals surface area contributed by atoms with E-state index in [1.165, 1.54) is 36.5 Å². The van der Waals surface area contributed by atoms with E-state index in [2.05, 4.69) is 41.4 Å². The van der Waals surface area contributed by atoms with Gasteiger partial charge >= 0.3 is 17.2 Å². The van der Waals surface area contributed by atoms with Gasteiger partial charge < -0.3 is 29.6 Å². The van der Waals surface area contributed by atoms with E-state index < -0.39 is 28.9 Å². The number of benzene rings is 2. The Bertz CT molecular complexity index is 2860. The molecule has 4 atom stereocenters. The second kappa shape index (κ2) is 22.9. The van der Waals surface area contributed by atoms with E-state index in [-0.39, 0.29) is 70.1 Å². The topological polar surface area (TPSA) is 202 Å². The number of nitrogens with zero attached hydrogens (tertiary/aromatic N) is 6. The Morgan fingerprint density at radius 2 is 1.17 bits per heavy atom. The molecule has 0 unspecified atom stereocenters. The van der Waals surface area contributed by atoms with Gasteiger partial charge in [-0.05, 0) is 99.8 Å². The first kappa shape index (κ1) is 52.1.